The van der Waals surface area contributed by atoms with Gasteiger partial charge in [-0.15, -0.1) is 0 Å². The number of hydrogen-bond acceptors (Lipinski definition) is 4. The fourth-order valence-electron chi connectivity index (χ4n) is 4.82. The van der Waals surface area contributed by atoms with Crippen LogP contribution in [-0.2, 0) is 0 Å². The molecule has 2 amide bonds. The Balaban J connectivity index is 1.55. The van der Waals surface area contributed by atoms with Crippen LogP contribution in [0.3, 0.4) is 0 Å². The Hall–Kier alpha value is -2.93. The first-order valence-corrected chi connectivity index (χ1v) is 10.5. The molecule has 0 radical (unpaired) electrons. The second-order valence-corrected chi connectivity index (χ2v) is 8.78. The Morgan fingerprint density at radius 1 is 0.935 bits per heavy atom. The van der Waals surface area contributed by atoms with Gasteiger partial charge in [-0.3, -0.25) is 14.5 Å². The summed E-state index contributed by atoms with van der Waals surface area (Å²) in [5.41, 5.74) is 0.348. The number of fused-ring (bicyclic) bond motifs is 1. The maximum atomic E-state index is 14.2. The number of benzene rings is 2. The number of nitrogens with zero attached hydrogens (tertiary/aromatic N) is 3. The van der Waals surface area contributed by atoms with Gasteiger partial charge in [-0.25, -0.2) is 4.39 Å². The fourth-order valence-corrected chi connectivity index (χ4v) is 4.82. The molecule has 31 heavy (non-hydrogen) atoms. The molecule has 2 aliphatic heterocycles. The number of halogens is 1. The number of carbonyl (C=O) groups excluding carboxylic acids is 2. The van der Waals surface area contributed by atoms with Gasteiger partial charge in [0.15, 0.2) is 0 Å². The van der Waals surface area contributed by atoms with Crippen LogP contribution >= 0.6 is 0 Å². The molecule has 2 fully saturated rings. The van der Waals surface area contributed by atoms with Gasteiger partial charge in [0.1, 0.15) is 11.6 Å². The zero-order valence-corrected chi connectivity index (χ0v) is 18.2. The maximum Gasteiger partial charge on any atom is 0.257 e. The van der Waals surface area contributed by atoms with Crippen molar-refractivity contribution in [3.8, 4) is 5.75 Å². The summed E-state index contributed by atoms with van der Waals surface area (Å²) in [6.45, 7) is 6.99. The zero-order valence-electron chi connectivity index (χ0n) is 18.2. The van der Waals surface area contributed by atoms with Crippen molar-refractivity contribution in [1.29, 1.82) is 0 Å². The summed E-state index contributed by atoms with van der Waals surface area (Å²) in [5.74, 6) is -0.342. The van der Waals surface area contributed by atoms with Crippen molar-refractivity contribution in [3.63, 3.8) is 0 Å². The number of piperazine rings is 2. The van der Waals surface area contributed by atoms with E-state index >= 15 is 0 Å². The van der Waals surface area contributed by atoms with E-state index in [1.165, 1.54) is 12.1 Å². The molecule has 164 valence electrons. The molecule has 0 unspecified atom stereocenters. The van der Waals surface area contributed by atoms with Crippen molar-refractivity contribution in [2.24, 2.45) is 0 Å². The van der Waals surface area contributed by atoms with Gasteiger partial charge in [0.2, 0.25) is 0 Å². The quantitative estimate of drug-likeness (QED) is 0.759. The Morgan fingerprint density at radius 2 is 1.55 bits per heavy atom. The lowest BCUT2D eigenvalue weighted by Gasteiger charge is -2.55. The summed E-state index contributed by atoms with van der Waals surface area (Å²) in [6.07, 6.45) is 0. The van der Waals surface area contributed by atoms with E-state index in [1.807, 2.05) is 17.0 Å². The zero-order chi connectivity index (χ0) is 22.2. The third kappa shape index (κ3) is 4.02. The predicted octanol–water partition coefficient (Wildman–Crippen LogP) is 2.90. The van der Waals surface area contributed by atoms with E-state index in [-0.39, 0.29) is 29.0 Å². The van der Waals surface area contributed by atoms with Gasteiger partial charge in [-0.05, 0) is 38.1 Å². The van der Waals surface area contributed by atoms with Crippen LogP contribution in [0.2, 0.25) is 0 Å². The lowest BCUT2D eigenvalue weighted by atomic mass is 9.92. The molecule has 7 heteroatoms. The minimum absolute atomic E-state index is 0.0214. The van der Waals surface area contributed by atoms with Crippen LogP contribution in [-0.4, -0.2) is 77.9 Å². The van der Waals surface area contributed by atoms with E-state index in [0.29, 0.717) is 37.5 Å². The minimum Gasteiger partial charge on any atom is -0.496 e. The molecule has 0 spiro atoms. The number of ether oxygens (including phenoxy) is 1. The van der Waals surface area contributed by atoms with Gasteiger partial charge in [-0.2, -0.15) is 0 Å². The first kappa shape index (κ1) is 21.3. The van der Waals surface area contributed by atoms with Gasteiger partial charge in [0.05, 0.1) is 18.2 Å². The lowest BCUT2D eigenvalue weighted by molar-refractivity contribution is -0.0508. The third-order valence-electron chi connectivity index (χ3n) is 6.29. The van der Waals surface area contributed by atoms with E-state index in [1.54, 1.807) is 36.3 Å². The van der Waals surface area contributed by atoms with Gasteiger partial charge < -0.3 is 14.5 Å². The molecule has 2 aromatic rings. The molecule has 0 N–H and O–H groups in total. The van der Waals surface area contributed by atoms with E-state index in [4.69, 9.17) is 4.74 Å². The van der Waals surface area contributed by atoms with Crippen LogP contribution in [0.4, 0.5) is 4.39 Å². The second kappa shape index (κ2) is 8.30. The summed E-state index contributed by atoms with van der Waals surface area (Å²) in [7, 11) is 1.56. The predicted molar refractivity (Wildman–Crippen MR) is 116 cm³/mol. The molecule has 0 aliphatic carbocycles. The highest BCUT2D eigenvalue weighted by atomic mass is 19.1. The van der Waals surface area contributed by atoms with Gasteiger partial charge in [0, 0.05) is 44.3 Å². The Bertz CT molecular complexity index is 994. The Morgan fingerprint density at radius 3 is 2.26 bits per heavy atom. The van der Waals surface area contributed by atoms with E-state index in [2.05, 4.69) is 18.7 Å². The number of amides is 2. The molecule has 6 nitrogen and oxygen atoms in total. The summed E-state index contributed by atoms with van der Waals surface area (Å²) in [4.78, 5) is 32.2. The van der Waals surface area contributed by atoms with Gasteiger partial charge >= 0.3 is 0 Å². The number of methoxy groups -OCH3 is 1. The molecule has 2 aliphatic rings. The van der Waals surface area contributed by atoms with Gasteiger partial charge in [0.25, 0.3) is 11.8 Å². The highest BCUT2D eigenvalue weighted by molar-refractivity contribution is 5.97. The van der Waals surface area contributed by atoms with Crippen LogP contribution in [0.15, 0.2) is 48.5 Å². The number of rotatable bonds is 3. The third-order valence-corrected chi connectivity index (χ3v) is 6.29. The van der Waals surface area contributed by atoms with Crippen molar-refractivity contribution >= 4 is 11.8 Å². The molecule has 0 saturated carbocycles. The maximum absolute atomic E-state index is 14.2. The molecule has 4 rings (SSSR count). The lowest BCUT2D eigenvalue weighted by Crippen LogP contribution is -2.70. The van der Waals surface area contributed by atoms with Gasteiger partial charge in [-0.1, -0.05) is 24.3 Å². The highest BCUT2D eigenvalue weighted by Crippen LogP contribution is 2.30. The molecular formula is C24H28FN3O3. The van der Waals surface area contributed by atoms with Crippen molar-refractivity contribution in [1.82, 2.24) is 14.7 Å². The number of hydrogen-bond donors (Lipinski definition) is 0. The smallest absolute Gasteiger partial charge is 0.257 e. The number of para-hydroxylation sites is 1. The number of carbonyl (C=O) groups is 2. The molecule has 2 heterocycles. The van der Waals surface area contributed by atoms with Crippen molar-refractivity contribution in [2.45, 2.75) is 25.4 Å². The van der Waals surface area contributed by atoms with Crippen LogP contribution in [0.5, 0.6) is 5.75 Å². The topological polar surface area (TPSA) is 53.1 Å². The first-order valence-electron chi connectivity index (χ1n) is 10.5. The van der Waals surface area contributed by atoms with Crippen LogP contribution in [0.1, 0.15) is 34.6 Å². The monoisotopic (exact) mass is 425 g/mol. The summed E-state index contributed by atoms with van der Waals surface area (Å²) >= 11 is 0. The van der Waals surface area contributed by atoms with Crippen molar-refractivity contribution in [3.05, 3.63) is 65.5 Å². The largest absolute Gasteiger partial charge is 0.496 e. The SMILES string of the molecule is COc1ccccc1C(=O)N1CCN2[C@H](CN(C(=O)c3ccccc3F)CC2(C)C)C1. The van der Waals surface area contributed by atoms with E-state index in [0.717, 1.165) is 6.54 Å². The minimum atomic E-state index is -0.510. The highest BCUT2D eigenvalue weighted by Gasteiger charge is 2.45. The van der Waals surface area contributed by atoms with Crippen LogP contribution < -0.4 is 4.74 Å². The Kier molecular flexibility index (Phi) is 5.71. The molecule has 2 saturated heterocycles. The van der Waals surface area contributed by atoms with E-state index < -0.39 is 5.82 Å². The summed E-state index contributed by atoms with van der Waals surface area (Å²) in [6, 6.07) is 13.3. The van der Waals surface area contributed by atoms with Crippen LogP contribution in [0, 0.1) is 5.82 Å². The average molecular weight is 426 g/mol. The summed E-state index contributed by atoms with van der Waals surface area (Å²) < 4.78 is 19.6. The normalized spacial score (nSPS) is 20.8. The van der Waals surface area contributed by atoms with Crippen LogP contribution in [0.25, 0.3) is 0 Å². The molecule has 2 aromatic carbocycles. The fraction of sp³-hybridized carbons (Fsp3) is 0.417. The second-order valence-electron chi connectivity index (χ2n) is 8.78. The Labute approximate surface area is 182 Å². The first-order chi connectivity index (χ1) is 14.8. The van der Waals surface area contributed by atoms with Crippen molar-refractivity contribution < 1.29 is 18.7 Å². The molecular weight excluding hydrogens is 397 g/mol. The van der Waals surface area contributed by atoms with E-state index in [9.17, 15) is 14.0 Å². The summed E-state index contributed by atoms with van der Waals surface area (Å²) in [5, 5.41) is 0. The standard InChI is InChI=1S/C24H28FN3O3/c1-24(2)16-27(22(29)18-8-4-6-10-20(18)25)15-17-14-26(12-13-28(17)24)23(30)19-9-5-7-11-21(19)31-3/h4-11,17H,12-16H2,1-3H3/t17-/m0/s1. The molecule has 1 atom stereocenters. The van der Waals surface area contributed by atoms with Crippen molar-refractivity contribution in [2.75, 3.05) is 39.8 Å². The molecule has 0 aromatic heterocycles. The average Bonchev–Trinajstić information content (AvgIpc) is 2.77. The molecule has 0 bridgehead atoms.